The molecule has 0 unspecified atom stereocenters. The smallest absolute Gasteiger partial charge is 0.345 e. The second kappa shape index (κ2) is 8.94. The Morgan fingerprint density at radius 1 is 1.12 bits per heavy atom. The third kappa shape index (κ3) is 4.82. The molecule has 0 bridgehead atoms. The normalized spacial score (nSPS) is 11.4. The number of nitrogens with zero attached hydrogens (tertiary/aromatic N) is 3. The van der Waals surface area contributed by atoms with E-state index in [2.05, 4.69) is 22.3 Å². The second-order valence-electron chi connectivity index (χ2n) is 7.67. The van der Waals surface area contributed by atoms with E-state index in [1.165, 1.54) is 12.1 Å². The summed E-state index contributed by atoms with van der Waals surface area (Å²) in [5, 5.41) is 8.29. The number of amides is 1. The predicted molar refractivity (Wildman–Crippen MR) is 120 cm³/mol. The molecule has 0 atom stereocenters. The Morgan fingerprint density at radius 3 is 2.70 bits per heavy atom. The van der Waals surface area contributed by atoms with Gasteiger partial charge in [0.1, 0.15) is 0 Å². The van der Waals surface area contributed by atoms with Crippen LogP contribution in [0.25, 0.3) is 16.6 Å². The number of aryl methyl sites for hydroxylation is 2. The monoisotopic (exact) mass is 450 g/mol. The lowest BCUT2D eigenvalue weighted by molar-refractivity contribution is -0.137. The SMILES string of the molecule is Cc1nc2c3ccccc3nn2c(C)c1CCC(=O)NCC#Cc1cccc(C(F)(F)F)c1. The molecule has 2 heterocycles. The summed E-state index contributed by atoms with van der Waals surface area (Å²) >= 11 is 0. The van der Waals surface area contributed by atoms with E-state index < -0.39 is 11.7 Å². The van der Waals surface area contributed by atoms with E-state index in [-0.39, 0.29) is 24.4 Å². The van der Waals surface area contributed by atoms with Crippen molar-refractivity contribution in [2.24, 2.45) is 0 Å². The van der Waals surface area contributed by atoms with E-state index in [1.54, 1.807) is 0 Å². The van der Waals surface area contributed by atoms with Gasteiger partial charge in [0.25, 0.3) is 0 Å². The Morgan fingerprint density at radius 2 is 1.91 bits per heavy atom. The highest BCUT2D eigenvalue weighted by atomic mass is 19.4. The van der Waals surface area contributed by atoms with Crippen molar-refractivity contribution < 1.29 is 18.0 Å². The molecule has 0 fully saturated rings. The molecule has 0 radical (unpaired) electrons. The summed E-state index contributed by atoms with van der Waals surface area (Å²) in [6.45, 7) is 3.93. The molecule has 33 heavy (non-hydrogen) atoms. The number of hydrogen-bond donors (Lipinski definition) is 1. The van der Waals surface area contributed by atoms with E-state index in [1.807, 2.05) is 42.6 Å². The summed E-state index contributed by atoms with van der Waals surface area (Å²) in [5.74, 6) is 5.15. The summed E-state index contributed by atoms with van der Waals surface area (Å²) in [6.07, 6.45) is -3.69. The number of rotatable bonds is 4. The number of nitrogens with one attached hydrogen (secondary N) is 1. The van der Waals surface area contributed by atoms with Gasteiger partial charge < -0.3 is 5.32 Å². The van der Waals surface area contributed by atoms with Crippen LogP contribution in [0, 0.1) is 25.7 Å². The fourth-order valence-corrected chi connectivity index (χ4v) is 3.73. The molecule has 4 aromatic rings. The minimum absolute atomic E-state index is 0.0505. The number of benzene rings is 2. The van der Waals surface area contributed by atoms with E-state index in [0.29, 0.717) is 6.42 Å². The maximum Gasteiger partial charge on any atom is 0.416 e. The number of carbonyl (C=O) groups is 1. The minimum Gasteiger partial charge on any atom is -0.345 e. The lowest BCUT2D eigenvalue weighted by Crippen LogP contribution is -2.24. The zero-order valence-electron chi connectivity index (χ0n) is 18.1. The first-order valence-electron chi connectivity index (χ1n) is 10.4. The van der Waals surface area contributed by atoms with Crippen LogP contribution in [0.5, 0.6) is 0 Å². The summed E-state index contributed by atoms with van der Waals surface area (Å²) in [6, 6.07) is 12.6. The molecule has 0 spiro atoms. The highest BCUT2D eigenvalue weighted by Gasteiger charge is 2.30. The Hall–Kier alpha value is -3.86. The summed E-state index contributed by atoms with van der Waals surface area (Å²) in [7, 11) is 0. The Bertz CT molecular complexity index is 1410. The lowest BCUT2D eigenvalue weighted by atomic mass is 10.1. The highest BCUT2D eigenvalue weighted by molar-refractivity contribution is 5.92. The molecule has 168 valence electrons. The van der Waals surface area contributed by atoms with Crippen molar-refractivity contribution in [2.45, 2.75) is 32.9 Å². The molecule has 8 heteroatoms. The minimum atomic E-state index is -4.41. The number of fused-ring (bicyclic) bond motifs is 3. The molecule has 1 N–H and O–H groups in total. The van der Waals surface area contributed by atoms with E-state index in [4.69, 9.17) is 4.98 Å². The Kier molecular flexibility index (Phi) is 6.05. The quantitative estimate of drug-likeness (QED) is 0.462. The van der Waals surface area contributed by atoms with Gasteiger partial charge in [0.15, 0.2) is 5.65 Å². The van der Waals surface area contributed by atoms with Crippen LogP contribution >= 0.6 is 0 Å². The van der Waals surface area contributed by atoms with E-state index >= 15 is 0 Å². The standard InChI is InChI=1S/C25H21F3N4O/c1-16-20(17(2)32-24(30-16)21-10-3-4-11-22(21)31-32)12-13-23(33)29-14-6-8-18-7-5-9-19(15-18)25(26,27)28/h3-5,7,9-11,15H,12-14H2,1-2H3,(H,29,33). The molecule has 0 saturated heterocycles. The molecular weight excluding hydrogens is 429 g/mol. The summed E-state index contributed by atoms with van der Waals surface area (Å²) in [5.41, 5.74) is 3.89. The van der Waals surface area contributed by atoms with Crippen molar-refractivity contribution in [3.63, 3.8) is 0 Å². The average Bonchev–Trinajstić information content (AvgIpc) is 3.15. The molecule has 4 rings (SSSR count). The first kappa shape index (κ1) is 22.3. The molecule has 5 nitrogen and oxygen atoms in total. The van der Waals surface area contributed by atoms with Crippen molar-refractivity contribution in [3.05, 3.63) is 76.6 Å². The predicted octanol–water partition coefficient (Wildman–Crippen LogP) is 4.62. The van der Waals surface area contributed by atoms with Gasteiger partial charge in [-0.25, -0.2) is 9.50 Å². The Balaban J connectivity index is 1.39. The second-order valence-corrected chi connectivity index (χ2v) is 7.67. The van der Waals surface area contributed by atoms with Crippen molar-refractivity contribution in [1.82, 2.24) is 19.9 Å². The molecule has 0 aliphatic rings. The van der Waals surface area contributed by atoms with Crippen molar-refractivity contribution >= 4 is 22.5 Å². The Labute approximate surface area is 188 Å². The van der Waals surface area contributed by atoms with Gasteiger partial charge in [-0.3, -0.25) is 4.79 Å². The number of alkyl halides is 3. The van der Waals surface area contributed by atoms with Gasteiger partial charge in [-0.15, -0.1) is 0 Å². The van der Waals surface area contributed by atoms with Crippen LogP contribution in [0.4, 0.5) is 13.2 Å². The third-order valence-electron chi connectivity index (χ3n) is 5.42. The van der Waals surface area contributed by atoms with Crippen LogP contribution in [-0.4, -0.2) is 27.0 Å². The fourth-order valence-electron chi connectivity index (χ4n) is 3.73. The highest BCUT2D eigenvalue weighted by Crippen LogP contribution is 2.29. The van der Waals surface area contributed by atoms with Gasteiger partial charge in [0.2, 0.25) is 5.91 Å². The first-order chi connectivity index (χ1) is 15.7. The number of aromatic nitrogens is 3. The van der Waals surface area contributed by atoms with Crippen LogP contribution in [0.1, 0.15) is 34.5 Å². The molecule has 2 aromatic carbocycles. The van der Waals surface area contributed by atoms with Crippen LogP contribution in [0.3, 0.4) is 0 Å². The van der Waals surface area contributed by atoms with Crippen molar-refractivity contribution in [1.29, 1.82) is 0 Å². The van der Waals surface area contributed by atoms with Crippen LogP contribution in [-0.2, 0) is 17.4 Å². The lowest BCUT2D eigenvalue weighted by Gasteiger charge is -2.11. The largest absolute Gasteiger partial charge is 0.416 e. The van der Waals surface area contributed by atoms with Gasteiger partial charge in [0, 0.05) is 28.8 Å². The maximum absolute atomic E-state index is 12.8. The van der Waals surface area contributed by atoms with Crippen LogP contribution < -0.4 is 5.32 Å². The summed E-state index contributed by atoms with van der Waals surface area (Å²) in [4.78, 5) is 17.0. The van der Waals surface area contributed by atoms with Gasteiger partial charge in [-0.05, 0) is 56.2 Å². The molecular formula is C25H21F3N4O. The van der Waals surface area contributed by atoms with Crippen LogP contribution in [0.2, 0.25) is 0 Å². The molecule has 0 saturated carbocycles. The summed E-state index contributed by atoms with van der Waals surface area (Å²) < 4.78 is 40.1. The van der Waals surface area contributed by atoms with Gasteiger partial charge in [0.05, 0.1) is 17.6 Å². The van der Waals surface area contributed by atoms with Gasteiger partial charge in [-0.1, -0.05) is 30.0 Å². The van der Waals surface area contributed by atoms with E-state index in [0.717, 1.165) is 45.6 Å². The van der Waals surface area contributed by atoms with Gasteiger partial charge >= 0.3 is 6.18 Å². The van der Waals surface area contributed by atoms with Crippen LogP contribution in [0.15, 0.2) is 48.5 Å². The average molecular weight is 450 g/mol. The fraction of sp³-hybridized carbons (Fsp3) is 0.240. The number of hydrogen-bond acceptors (Lipinski definition) is 3. The number of halogens is 3. The first-order valence-corrected chi connectivity index (χ1v) is 10.4. The topological polar surface area (TPSA) is 59.3 Å². The molecule has 1 amide bonds. The van der Waals surface area contributed by atoms with E-state index in [9.17, 15) is 18.0 Å². The zero-order chi connectivity index (χ0) is 23.6. The van der Waals surface area contributed by atoms with Gasteiger partial charge in [-0.2, -0.15) is 18.3 Å². The van der Waals surface area contributed by atoms with Crippen molar-refractivity contribution in [3.8, 4) is 11.8 Å². The number of carbonyl (C=O) groups excluding carboxylic acids is 1. The maximum atomic E-state index is 12.8. The molecule has 0 aliphatic heterocycles. The third-order valence-corrected chi connectivity index (χ3v) is 5.42. The van der Waals surface area contributed by atoms with Crippen molar-refractivity contribution in [2.75, 3.05) is 6.54 Å². The molecule has 2 aromatic heterocycles. The molecule has 0 aliphatic carbocycles. The zero-order valence-corrected chi connectivity index (χ0v) is 18.1.